The van der Waals surface area contributed by atoms with Crippen LogP contribution in [0.2, 0.25) is 0 Å². The van der Waals surface area contributed by atoms with Crippen LogP contribution in [0.1, 0.15) is 5.56 Å². The predicted molar refractivity (Wildman–Crippen MR) is 106 cm³/mol. The van der Waals surface area contributed by atoms with E-state index in [1.165, 1.54) is 5.56 Å². The van der Waals surface area contributed by atoms with Gasteiger partial charge in [0.05, 0.1) is 27.0 Å². The Bertz CT molecular complexity index is 882. The van der Waals surface area contributed by atoms with Crippen molar-refractivity contribution in [3.05, 3.63) is 60.2 Å². The van der Waals surface area contributed by atoms with Crippen LogP contribution in [0.15, 0.2) is 54.6 Å². The molecule has 0 saturated heterocycles. The fraction of sp³-hybridized carbons (Fsp3) is 0.238. The van der Waals surface area contributed by atoms with E-state index in [4.69, 9.17) is 14.2 Å². The molecule has 0 spiro atoms. The van der Waals surface area contributed by atoms with Crippen LogP contribution in [0, 0.1) is 0 Å². The molecule has 27 heavy (non-hydrogen) atoms. The Morgan fingerprint density at radius 3 is 2.30 bits per heavy atom. The van der Waals surface area contributed by atoms with Crippen molar-refractivity contribution in [2.75, 3.05) is 33.2 Å². The van der Waals surface area contributed by atoms with Crippen LogP contribution in [0.5, 0.6) is 17.5 Å². The number of nitrogens with zero attached hydrogens (tertiary/aromatic N) is 2. The highest BCUT2D eigenvalue weighted by atomic mass is 16.5. The van der Waals surface area contributed by atoms with Gasteiger partial charge in [-0.3, -0.25) is 0 Å². The van der Waals surface area contributed by atoms with Crippen LogP contribution >= 0.6 is 0 Å². The first-order valence-corrected chi connectivity index (χ1v) is 8.66. The fourth-order valence-corrected chi connectivity index (χ4v) is 2.66. The second-order valence-corrected chi connectivity index (χ2v) is 5.88. The lowest BCUT2D eigenvalue weighted by Crippen LogP contribution is -2.08. The molecule has 0 saturated carbocycles. The lowest BCUT2D eigenvalue weighted by molar-refractivity contribution is 0.381. The Kier molecular flexibility index (Phi) is 6.10. The summed E-state index contributed by atoms with van der Waals surface area (Å²) in [7, 11) is 4.87. The molecular weight excluding hydrogens is 342 g/mol. The molecule has 2 aromatic carbocycles. The minimum atomic E-state index is 0.322. The number of nitrogens with one attached hydrogen (secondary N) is 1. The van der Waals surface area contributed by atoms with Crippen molar-refractivity contribution < 1.29 is 14.2 Å². The maximum absolute atomic E-state index is 5.29. The lowest BCUT2D eigenvalue weighted by atomic mass is 10.1. The van der Waals surface area contributed by atoms with E-state index in [-0.39, 0.29) is 0 Å². The van der Waals surface area contributed by atoms with Gasteiger partial charge in [0.25, 0.3) is 0 Å². The highest BCUT2D eigenvalue weighted by Gasteiger charge is 2.08. The molecule has 0 aliphatic rings. The Hall–Kier alpha value is -3.28. The molecule has 140 valence electrons. The first-order chi connectivity index (χ1) is 13.2. The maximum Gasteiger partial charge on any atom is 0.318 e. The second-order valence-electron chi connectivity index (χ2n) is 5.88. The SMILES string of the molecule is COc1ccc(CCNc2cc(-c3cccc(OC)c3)nc(OC)n2)cc1. The number of hydrogen-bond donors (Lipinski definition) is 1. The van der Waals surface area contributed by atoms with Crippen molar-refractivity contribution in [3.8, 4) is 28.8 Å². The number of benzene rings is 2. The van der Waals surface area contributed by atoms with Crippen molar-refractivity contribution in [1.82, 2.24) is 9.97 Å². The molecule has 3 rings (SSSR count). The third kappa shape index (κ3) is 4.88. The molecule has 1 aromatic heterocycles. The van der Waals surface area contributed by atoms with E-state index >= 15 is 0 Å². The minimum absolute atomic E-state index is 0.322. The van der Waals surface area contributed by atoms with Gasteiger partial charge in [0, 0.05) is 18.2 Å². The molecule has 6 heteroatoms. The molecule has 1 N–H and O–H groups in total. The zero-order chi connectivity index (χ0) is 19.1. The molecule has 0 bridgehead atoms. The minimum Gasteiger partial charge on any atom is -0.497 e. The monoisotopic (exact) mass is 365 g/mol. The molecule has 3 aromatic rings. The molecule has 6 nitrogen and oxygen atoms in total. The highest BCUT2D eigenvalue weighted by Crippen LogP contribution is 2.25. The molecule has 0 radical (unpaired) electrons. The van der Waals surface area contributed by atoms with Gasteiger partial charge in [0.2, 0.25) is 0 Å². The molecule has 0 aliphatic heterocycles. The van der Waals surface area contributed by atoms with Crippen molar-refractivity contribution >= 4 is 5.82 Å². The number of methoxy groups -OCH3 is 3. The summed E-state index contributed by atoms with van der Waals surface area (Å²) in [6.07, 6.45) is 0.866. The van der Waals surface area contributed by atoms with Gasteiger partial charge < -0.3 is 19.5 Å². The summed E-state index contributed by atoms with van der Waals surface area (Å²) < 4.78 is 15.7. The van der Waals surface area contributed by atoms with Gasteiger partial charge in [-0.15, -0.1) is 0 Å². The smallest absolute Gasteiger partial charge is 0.318 e. The standard InChI is InChI=1S/C21H23N3O3/c1-25-17-9-7-15(8-10-17)11-12-22-20-14-19(23-21(24-20)27-3)16-5-4-6-18(13-16)26-2/h4-10,13-14H,11-12H2,1-3H3,(H,22,23,24). The highest BCUT2D eigenvalue weighted by molar-refractivity contribution is 5.64. The first-order valence-electron chi connectivity index (χ1n) is 8.66. The third-order valence-electron chi connectivity index (χ3n) is 4.13. The third-order valence-corrected chi connectivity index (χ3v) is 4.13. The zero-order valence-corrected chi connectivity index (χ0v) is 15.7. The van der Waals surface area contributed by atoms with Gasteiger partial charge in [0.1, 0.15) is 17.3 Å². The van der Waals surface area contributed by atoms with Crippen molar-refractivity contribution in [1.29, 1.82) is 0 Å². The Morgan fingerprint density at radius 1 is 0.815 bits per heavy atom. The fourth-order valence-electron chi connectivity index (χ4n) is 2.66. The Labute approximate surface area is 159 Å². The molecule has 0 aliphatic carbocycles. The van der Waals surface area contributed by atoms with Crippen LogP contribution in [0.3, 0.4) is 0 Å². The maximum atomic E-state index is 5.29. The summed E-state index contributed by atoms with van der Waals surface area (Å²) >= 11 is 0. The summed E-state index contributed by atoms with van der Waals surface area (Å²) in [6, 6.07) is 18.0. The van der Waals surface area contributed by atoms with E-state index < -0.39 is 0 Å². The average Bonchev–Trinajstić information content (AvgIpc) is 2.74. The van der Waals surface area contributed by atoms with E-state index in [9.17, 15) is 0 Å². The number of aromatic nitrogens is 2. The molecule has 0 unspecified atom stereocenters. The van der Waals surface area contributed by atoms with Gasteiger partial charge in [-0.2, -0.15) is 9.97 Å². The zero-order valence-electron chi connectivity index (χ0n) is 15.7. The van der Waals surface area contributed by atoms with E-state index in [1.807, 2.05) is 42.5 Å². The van der Waals surface area contributed by atoms with Gasteiger partial charge in [0.15, 0.2) is 0 Å². The van der Waals surface area contributed by atoms with Crippen LogP contribution < -0.4 is 19.5 Å². The number of anilines is 1. The summed E-state index contributed by atoms with van der Waals surface area (Å²) in [4.78, 5) is 8.82. The lowest BCUT2D eigenvalue weighted by Gasteiger charge is -2.10. The van der Waals surface area contributed by atoms with Gasteiger partial charge in [-0.1, -0.05) is 24.3 Å². The van der Waals surface area contributed by atoms with Crippen molar-refractivity contribution in [2.24, 2.45) is 0 Å². The normalized spacial score (nSPS) is 10.3. The van der Waals surface area contributed by atoms with Crippen molar-refractivity contribution in [3.63, 3.8) is 0 Å². The molecule has 0 atom stereocenters. The summed E-state index contributed by atoms with van der Waals surface area (Å²) in [5.41, 5.74) is 2.93. The quantitative estimate of drug-likeness (QED) is 0.655. The van der Waals surface area contributed by atoms with Crippen LogP contribution in [0.4, 0.5) is 5.82 Å². The molecule has 0 amide bonds. The number of hydrogen-bond acceptors (Lipinski definition) is 6. The number of ether oxygens (including phenoxy) is 3. The molecule has 1 heterocycles. The van der Waals surface area contributed by atoms with Crippen molar-refractivity contribution in [2.45, 2.75) is 6.42 Å². The van der Waals surface area contributed by atoms with E-state index in [0.29, 0.717) is 11.8 Å². The summed E-state index contributed by atoms with van der Waals surface area (Å²) in [5, 5.41) is 3.34. The largest absolute Gasteiger partial charge is 0.497 e. The summed E-state index contributed by atoms with van der Waals surface area (Å²) in [6.45, 7) is 0.740. The van der Waals surface area contributed by atoms with E-state index in [2.05, 4.69) is 27.4 Å². The second kappa shape index (κ2) is 8.89. The first kappa shape index (κ1) is 18.5. The molecule has 0 fully saturated rings. The Morgan fingerprint density at radius 2 is 1.59 bits per heavy atom. The van der Waals surface area contributed by atoms with Gasteiger partial charge in [-0.05, 0) is 36.2 Å². The number of rotatable bonds is 8. The predicted octanol–water partition coefficient (Wildman–Crippen LogP) is 3.82. The van der Waals surface area contributed by atoms with Crippen LogP contribution in [-0.2, 0) is 6.42 Å². The van der Waals surface area contributed by atoms with E-state index in [1.54, 1.807) is 21.3 Å². The topological polar surface area (TPSA) is 65.5 Å². The van der Waals surface area contributed by atoms with Gasteiger partial charge >= 0.3 is 6.01 Å². The summed E-state index contributed by atoms with van der Waals surface area (Å²) in [5.74, 6) is 2.35. The average molecular weight is 365 g/mol. The van der Waals surface area contributed by atoms with Crippen LogP contribution in [-0.4, -0.2) is 37.8 Å². The van der Waals surface area contributed by atoms with Gasteiger partial charge in [-0.25, -0.2) is 0 Å². The Balaban J connectivity index is 1.72. The van der Waals surface area contributed by atoms with E-state index in [0.717, 1.165) is 35.7 Å². The molecular formula is C21H23N3O3. The van der Waals surface area contributed by atoms with Crippen LogP contribution in [0.25, 0.3) is 11.3 Å².